The lowest BCUT2D eigenvalue weighted by molar-refractivity contribution is 0.0208. The van der Waals surface area contributed by atoms with Crippen molar-refractivity contribution in [1.82, 2.24) is 4.90 Å². The fourth-order valence-electron chi connectivity index (χ4n) is 3.61. The van der Waals surface area contributed by atoms with Crippen molar-refractivity contribution >= 4 is 12.1 Å². The van der Waals surface area contributed by atoms with Gasteiger partial charge in [-0.3, -0.25) is 0 Å². The third-order valence-electron chi connectivity index (χ3n) is 4.64. The average Bonchev–Trinajstić information content (AvgIpc) is 3.04. The fourth-order valence-corrected chi connectivity index (χ4v) is 3.61. The molecule has 0 spiro atoms. The zero-order chi connectivity index (χ0) is 17.3. The maximum absolute atomic E-state index is 12.2. The molecule has 0 bridgehead atoms. The topological polar surface area (TPSA) is 55.8 Å². The van der Waals surface area contributed by atoms with E-state index in [9.17, 15) is 9.59 Å². The quantitative estimate of drug-likeness (QED) is 0.779. The van der Waals surface area contributed by atoms with Crippen molar-refractivity contribution in [2.45, 2.75) is 45.3 Å². The van der Waals surface area contributed by atoms with Crippen LogP contribution in [-0.2, 0) is 9.47 Å². The second kappa shape index (κ2) is 6.46. The summed E-state index contributed by atoms with van der Waals surface area (Å²) in [5.41, 5.74) is 0.118. The van der Waals surface area contributed by atoms with Gasteiger partial charge in [-0.2, -0.15) is 0 Å². The number of fused-ring (bicyclic) bond motifs is 1. The van der Waals surface area contributed by atoms with Crippen LogP contribution in [0.5, 0.6) is 0 Å². The van der Waals surface area contributed by atoms with Crippen LogP contribution in [0.4, 0.5) is 4.79 Å². The molecular weight excluding hydrogens is 306 g/mol. The number of rotatable bonds is 2. The van der Waals surface area contributed by atoms with Crippen LogP contribution < -0.4 is 0 Å². The minimum atomic E-state index is -0.470. The normalized spacial score (nSPS) is 26.1. The molecule has 5 nitrogen and oxygen atoms in total. The molecule has 1 saturated carbocycles. The summed E-state index contributed by atoms with van der Waals surface area (Å²) < 4.78 is 11.1. The Labute approximate surface area is 142 Å². The molecule has 0 N–H and O–H groups in total. The van der Waals surface area contributed by atoms with Gasteiger partial charge in [-0.1, -0.05) is 18.2 Å². The maximum atomic E-state index is 12.2. The summed E-state index contributed by atoms with van der Waals surface area (Å²) in [6.07, 6.45) is 1.36. The highest BCUT2D eigenvalue weighted by Crippen LogP contribution is 2.40. The van der Waals surface area contributed by atoms with Crippen molar-refractivity contribution in [3.63, 3.8) is 0 Å². The number of amides is 1. The van der Waals surface area contributed by atoms with Gasteiger partial charge >= 0.3 is 12.1 Å². The summed E-state index contributed by atoms with van der Waals surface area (Å²) in [5, 5.41) is 0. The van der Waals surface area contributed by atoms with E-state index in [1.807, 2.05) is 39.0 Å². The Hall–Kier alpha value is -2.04. The number of benzene rings is 1. The van der Waals surface area contributed by atoms with Crippen molar-refractivity contribution in [3.05, 3.63) is 35.9 Å². The van der Waals surface area contributed by atoms with Gasteiger partial charge in [0.2, 0.25) is 0 Å². The number of esters is 1. The van der Waals surface area contributed by atoms with Crippen molar-refractivity contribution < 1.29 is 19.1 Å². The molecule has 0 radical (unpaired) electrons. The molecular formula is C19H25NO4. The summed E-state index contributed by atoms with van der Waals surface area (Å²) in [4.78, 5) is 26.1. The first kappa shape index (κ1) is 16.8. The van der Waals surface area contributed by atoms with Crippen molar-refractivity contribution in [2.75, 3.05) is 13.1 Å². The fraction of sp³-hybridized carbons (Fsp3) is 0.579. The molecule has 0 unspecified atom stereocenters. The lowest BCUT2D eigenvalue weighted by Crippen LogP contribution is -2.36. The van der Waals surface area contributed by atoms with E-state index in [0.717, 1.165) is 12.8 Å². The largest absolute Gasteiger partial charge is 0.459 e. The van der Waals surface area contributed by atoms with E-state index in [0.29, 0.717) is 30.5 Å². The zero-order valence-electron chi connectivity index (χ0n) is 14.5. The van der Waals surface area contributed by atoms with Crippen LogP contribution in [0.1, 0.15) is 44.0 Å². The molecule has 2 fully saturated rings. The van der Waals surface area contributed by atoms with Gasteiger partial charge in [0, 0.05) is 13.1 Å². The third-order valence-corrected chi connectivity index (χ3v) is 4.64. The van der Waals surface area contributed by atoms with E-state index in [-0.39, 0.29) is 18.2 Å². The minimum absolute atomic E-state index is 0.0477. The van der Waals surface area contributed by atoms with Crippen LogP contribution in [0.25, 0.3) is 0 Å². The predicted molar refractivity (Wildman–Crippen MR) is 89.7 cm³/mol. The molecule has 1 aromatic rings. The Bertz CT molecular complexity index is 594. The van der Waals surface area contributed by atoms with Crippen LogP contribution in [0, 0.1) is 11.8 Å². The lowest BCUT2D eigenvalue weighted by Gasteiger charge is -2.25. The van der Waals surface area contributed by atoms with Gasteiger partial charge in [0.25, 0.3) is 0 Å². The number of ether oxygens (including phenoxy) is 2. The second-order valence-corrected chi connectivity index (χ2v) is 7.77. The van der Waals surface area contributed by atoms with Crippen LogP contribution >= 0.6 is 0 Å². The Morgan fingerprint density at radius 3 is 2.17 bits per heavy atom. The second-order valence-electron chi connectivity index (χ2n) is 7.77. The number of likely N-dealkylation sites (tertiary alicyclic amines) is 1. The van der Waals surface area contributed by atoms with Crippen molar-refractivity contribution in [2.24, 2.45) is 11.8 Å². The number of carbonyl (C=O) groups excluding carboxylic acids is 2. The Kier molecular flexibility index (Phi) is 4.52. The van der Waals surface area contributed by atoms with E-state index in [2.05, 4.69) is 0 Å². The number of hydrogen-bond donors (Lipinski definition) is 0. The van der Waals surface area contributed by atoms with Gasteiger partial charge in [-0.25, -0.2) is 9.59 Å². The minimum Gasteiger partial charge on any atom is -0.459 e. The SMILES string of the molecule is CC(C)(C)OC(=O)N1C[C@H]2C[C@H](OC(=O)c3ccccc3)C[C@H]2C1. The highest BCUT2D eigenvalue weighted by Gasteiger charge is 2.44. The van der Waals surface area contributed by atoms with Gasteiger partial charge in [-0.05, 0) is 57.6 Å². The molecule has 3 rings (SSSR count). The molecule has 1 aliphatic carbocycles. The Balaban J connectivity index is 1.50. The summed E-state index contributed by atoms with van der Waals surface area (Å²) >= 11 is 0. The Morgan fingerprint density at radius 1 is 1.04 bits per heavy atom. The molecule has 5 heteroatoms. The van der Waals surface area contributed by atoms with Crippen molar-refractivity contribution in [3.8, 4) is 0 Å². The van der Waals surface area contributed by atoms with Crippen molar-refractivity contribution in [1.29, 1.82) is 0 Å². The van der Waals surface area contributed by atoms with Gasteiger partial charge in [-0.15, -0.1) is 0 Å². The standard InChI is InChI=1S/C19H25NO4/c1-19(2,3)24-18(22)20-11-14-9-16(10-15(14)12-20)23-17(21)13-7-5-4-6-8-13/h4-8,14-16H,9-12H2,1-3H3/t14-,15+,16+. The first-order valence-corrected chi connectivity index (χ1v) is 8.56. The van der Waals surface area contributed by atoms with Gasteiger partial charge < -0.3 is 14.4 Å². The van der Waals surface area contributed by atoms with Crippen LogP contribution in [-0.4, -0.2) is 41.8 Å². The van der Waals surface area contributed by atoms with E-state index < -0.39 is 5.60 Å². The van der Waals surface area contributed by atoms with E-state index in [4.69, 9.17) is 9.47 Å². The van der Waals surface area contributed by atoms with Crippen LogP contribution in [0.15, 0.2) is 30.3 Å². The third kappa shape index (κ3) is 3.89. The maximum Gasteiger partial charge on any atom is 0.410 e. The van der Waals surface area contributed by atoms with E-state index >= 15 is 0 Å². The Morgan fingerprint density at radius 2 is 1.62 bits per heavy atom. The summed E-state index contributed by atoms with van der Waals surface area (Å²) in [6.45, 7) is 7.01. The molecule has 1 amide bonds. The van der Waals surface area contributed by atoms with Crippen LogP contribution in [0.2, 0.25) is 0 Å². The first-order chi connectivity index (χ1) is 11.3. The molecule has 1 heterocycles. The molecule has 0 aromatic heterocycles. The smallest absolute Gasteiger partial charge is 0.410 e. The highest BCUT2D eigenvalue weighted by molar-refractivity contribution is 5.89. The monoisotopic (exact) mass is 331 g/mol. The van der Waals surface area contributed by atoms with E-state index in [1.165, 1.54) is 0 Å². The molecule has 2 aliphatic rings. The predicted octanol–water partition coefficient (Wildman–Crippen LogP) is 3.49. The van der Waals surface area contributed by atoms with E-state index in [1.54, 1.807) is 17.0 Å². The first-order valence-electron chi connectivity index (χ1n) is 8.56. The molecule has 130 valence electrons. The molecule has 1 saturated heterocycles. The zero-order valence-corrected chi connectivity index (χ0v) is 14.5. The van der Waals surface area contributed by atoms with Gasteiger partial charge in [0.1, 0.15) is 11.7 Å². The summed E-state index contributed by atoms with van der Waals surface area (Å²) in [7, 11) is 0. The number of nitrogens with zero attached hydrogens (tertiary/aromatic N) is 1. The summed E-state index contributed by atoms with van der Waals surface area (Å²) in [5.74, 6) is 0.529. The molecule has 24 heavy (non-hydrogen) atoms. The summed E-state index contributed by atoms with van der Waals surface area (Å²) in [6, 6.07) is 9.07. The lowest BCUT2D eigenvalue weighted by atomic mass is 10.0. The number of hydrogen-bond acceptors (Lipinski definition) is 4. The number of carbonyl (C=O) groups is 2. The highest BCUT2D eigenvalue weighted by atomic mass is 16.6. The molecule has 3 atom stereocenters. The average molecular weight is 331 g/mol. The van der Waals surface area contributed by atoms with Gasteiger partial charge in [0.05, 0.1) is 5.56 Å². The van der Waals surface area contributed by atoms with Gasteiger partial charge in [0.15, 0.2) is 0 Å². The van der Waals surface area contributed by atoms with Crippen LogP contribution in [0.3, 0.4) is 0 Å². The molecule has 1 aromatic carbocycles. The molecule has 1 aliphatic heterocycles.